The van der Waals surface area contributed by atoms with E-state index in [-0.39, 0.29) is 0 Å². The van der Waals surface area contributed by atoms with Gasteiger partial charge in [0.25, 0.3) is 0 Å². The van der Waals surface area contributed by atoms with Gasteiger partial charge in [0, 0.05) is 11.1 Å². The van der Waals surface area contributed by atoms with Gasteiger partial charge in [-0.15, -0.1) is 0 Å². The summed E-state index contributed by atoms with van der Waals surface area (Å²) in [6.07, 6.45) is 8.43. The summed E-state index contributed by atoms with van der Waals surface area (Å²) in [6.45, 7) is 4.78. The molecule has 0 aromatic rings. The monoisotopic (exact) mass is 153 g/mol. The van der Waals surface area contributed by atoms with E-state index in [0.29, 0.717) is 11.1 Å². The van der Waals surface area contributed by atoms with Crippen molar-refractivity contribution < 1.29 is 0 Å². The second-order valence-corrected chi connectivity index (χ2v) is 4.95. The van der Waals surface area contributed by atoms with Gasteiger partial charge in [0.15, 0.2) is 0 Å². The SMILES string of the molecule is C[C@]12CCC[C@](C)(CCC1)N2. The van der Waals surface area contributed by atoms with E-state index in [2.05, 4.69) is 19.2 Å². The summed E-state index contributed by atoms with van der Waals surface area (Å²) < 4.78 is 0. The molecule has 0 aliphatic carbocycles. The summed E-state index contributed by atoms with van der Waals surface area (Å²) in [7, 11) is 0. The third kappa shape index (κ3) is 1.31. The molecule has 2 aliphatic heterocycles. The number of hydrogen-bond donors (Lipinski definition) is 1. The number of nitrogens with one attached hydrogen (secondary N) is 1. The van der Waals surface area contributed by atoms with Crippen LogP contribution in [-0.2, 0) is 0 Å². The highest BCUT2D eigenvalue weighted by molar-refractivity contribution is 5.01. The molecule has 2 rings (SSSR count). The molecule has 2 fully saturated rings. The van der Waals surface area contributed by atoms with Crippen molar-refractivity contribution in [2.24, 2.45) is 0 Å². The highest BCUT2D eigenvalue weighted by Crippen LogP contribution is 2.39. The number of piperidine rings is 2. The molecule has 11 heavy (non-hydrogen) atoms. The van der Waals surface area contributed by atoms with Crippen molar-refractivity contribution in [3.8, 4) is 0 Å². The van der Waals surface area contributed by atoms with Gasteiger partial charge < -0.3 is 5.32 Å². The molecule has 2 bridgehead atoms. The van der Waals surface area contributed by atoms with Crippen molar-refractivity contribution in [3.05, 3.63) is 0 Å². The van der Waals surface area contributed by atoms with Crippen molar-refractivity contribution in [3.63, 3.8) is 0 Å². The summed E-state index contributed by atoms with van der Waals surface area (Å²) in [4.78, 5) is 0. The molecule has 0 aromatic carbocycles. The predicted octanol–water partition coefficient (Wildman–Crippen LogP) is 2.46. The van der Waals surface area contributed by atoms with Gasteiger partial charge in [0.2, 0.25) is 0 Å². The molecular formula is C10H19N. The molecule has 0 atom stereocenters. The lowest BCUT2D eigenvalue weighted by Crippen LogP contribution is -2.61. The van der Waals surface area contributed by atoms with E-state index in [1.54, 1.807) is 0 Å². The number of rotatable bonds is 0. The van der Waals surface area contributed by atoms with Gasteiger partial charge in [-0.1, -0.05) is 0 Å². The van der Waals surface area contributed by atoms with Crippen molar-refractivity contribution in [1.82, 2.24) is 5.32 Å². The maximum atomic E-state index is 3.81. The second-order valence-electron chi connectivity index (χ2n) is 4.95. The standard InChI is InChI=1S/C10H19N/c1-9-5-3-7-10(2,11-9)8-4-6-9/h11H,3-8H2,1-2H3/t9-,10+. The summed E-state index contributed by atoms with van der Waals surface area (Å²) >= 11 is 0. The van der Waals surface area contributed by atoms with Crippen LogP contribution in [0.1, 0.15) is 52.4 Å². The van der Waals surface area contributed by atoms with E-state index in [0.717, 1.165) is 0 Å². The Kier molecular flexibility index (Phi) is 1.54. The minimum absolute atomic E-state index is 0.491. The van der Waals surface area contributed by atoms with Crippen LogP contribution in [0.25, 0.3) is 0 Å². The first-order chi connectivity index (χ1) is 5.12. The van der Waals surface area contributed by atoms with E-state index < -0.39 is 0 Å². The molecule has 1 N–H and O–H groups in total. The lowest BCUT2D eigenvalue weighted by molar-refractivity contribution is 0.0932. The highest BCUT2D eigenvalue weighted by atomic mass is 15.1. The molecule has 0 amide bonds. The van der Waals surface area contributed by atoms with Crippen LogP contribution in [-0.4, -0.2) is 11.1 Å². The highest BCUT2D eigenvalue weighted by Gasteiger charge is 2.41. The van der Waals surface area contributed by atoms with Crippen LogP contribution in [0, 0.1) is 0 Å². The predicted molar refractivity (Wildman–Crippen MR) is 47.6 cm³/mol. The van der Waals surface area contributed by atoms with Crippen LogP contribution < -0.4 is 5.32 Å². The van der Waals surface area contributed by atoms with Crippen molar-refractivity contribution in [2.45, 2.75) is 63.5 Å². The van der Waals surface area contributed by atoms with E-state index in [4.69, 9.17) is 0 Å². The van der Waals surface area contributed by atoms with Gasteiger partial charge >= 0.3 is 0 Å². The first kappa shape index (κ1) is 7.60. The fourth-order valence-corrected chi connectivity index (χ4v) is 2.97. The molecule has 0 saturated carbocycles. The molecule has 2 aliphatic rings. The average Bonchev–Trinajstić information content (AvgIpc) is 1.83. The minimum Gasteiger partial charge on any atom is -0.306 e. The molecule has 0 radical (unpaired) electrons. The first-order valence-electron chi connectivity index (χ1n) is 4.91. The van der Waals surface area contributed by atoms with Crippen LogP contribution in [0.2, 0.25) is 0 Å². The first-order valence-corrected chi connectivity index (χ1v) is 4.91. The lowest BCUT2D eigenvalue weighted by Gasteiger charge is -2.50. The van der Waals surface area contributed by atoms with Crippen LogP contribution >= 0.6 is 0 Å². The van der Waals surface area contributed by atoms with E-state index in [1.165, 1.54) is 38.5 Å². The van der Waals surface area contributed by atoms with Gasteiger partial charge in [-0.25, -0.2) is 0 Å². The van der Waals surface area contributed by atoms with Crippen LogP contribution in [0.5, 0.6) is 0 Å². The third-order valence-corrected chi connectivity index (χ3v) is 3.52. The van der Waals surface area contributed by atoms with Gasteiger partial charge in [0.1, 0.15) is 0 Å². The summed E-state index contributed by atoms with van der Waals surface area (Å²) in [5.74, 6) is 0. The fourth-order valence-electron chi connectivity index (χ4n) is 2.97. The Bertz CT molecular complexity index is 136. The Labute approximate surface area is 69.6 Å². The Morgan fingerprint density at radius 1 is 0.818 bits per heavy atom. The zero-order valence-electron chi connectivity index (χ0n) is 7.74. The molecule has 1 heteroatoms. The lowest BCUT2D eigenvalue weighted by atomic mass is 9.71. The zero-order chi connectivity index (χ0) is 7.95. The van der Waals surface area contributed by atoms with Crippen LogP contribution in [0.3, 0.4) is 0 Å². The average molecular weight is 153 g/mol. The topological polar surface area (TPSA) is 12.0 Å². The maximum Gasteiger partial charge on any atom is 0.0158 e. The van der Waals surface area contributed by atoms with Crippen LogP contribution in [0.15, 0.2) is 0 Å². The molecule has 2 saturated heterocycles. The van der Waals surface area contributed by atoms with Gasteiger partial charge in [-0.2, -0.15) is 0 Å². The van der Waals surface area contributed by atoms with Crippen molar-refractivity contribution in [1.29, 1.82) is 0 Å². The molecule has 0 unspecified atom stereocenters. The summed E-state index contributed by atoms with van der Waals surface area (Å²) in [5, 5.41) is 3.81. The Morgan fingerprint density at radius 2 is 1.18 bits per heavy atom. The summed E-state index contributed by atoms with van der Waals surface area (Å²) in [5.41, 5.74) is 0.983. The van der Waals surface area contributed by atoms with Crippen molar-refractivity contribution >= 4 is 0 Å². The van der Waals surface area contributed by atoms with Crippen molar-refractivity contribution in [2.75, 3.05) is 0 Å². The van der Waals surface area contributed by atoms with Gasteiger partial charge in [-0.3, -0.25) is 0 Å². The smallest absolute Gasteiger partial charge is 0.0158 e. The van der Waals surface area contributed by atoms with E-state index in [9.17, 15) is 0 Å². The second kappa shape index (κ2) is 2.22. The Hall–Kier alpha value is -0.0400. The van der Waals surface area contributed by atoms with Gasteiger partial charge in [0.05, 0.1) is 0 Å². The zero-order valence-corrected chi connectivity index (χ0v) is 7.74. The maximum absolute atomic E-state index is 3.81. The van der Waals surface area contributed by atoms with E-state index >= 15 is 0 Å². The van der Waals surface area contributed by atoms with E-state index in [1.807, 2.05) is 0 Å². The molecule has 1 nitrogen and oxygen atoms in total. The quantitative estimate of drug-likeness (QED) is 0.563. The largest absolute Gasteiger partial charge is 0.306 e. The molecular weight excluding hydrogens is 134 g/mol. The number of hydrogen-bond acceptors (Lipinski definition) is 1. The normalized spacial score (nSPS) is 50.7. The van der Waals surface area contributed by atoms with Crippen LogP contribution in [0.4, 0.5) is 0 Å². The molecule has 0 spiro atoms. The Morgan fingerprint density at radius 3 is 1.45 bits per heavy atom. The third-order valence-electron chi connectivity index (χ3n) is 3.52. The molecule has 64 valence electrons. The van der Waals surface area contributed by atoms with Gasteiger partial charge in [-0.05, 0) is 52.4 Å². The number of fused-ring (bicyclic) bond motifs is 2. The Balaban J connectivity index is 2.16. The summed E-state index contributed by atoms with van der Waals surface area (Å²) in [6, 6.07) is 0. The molecule has 0 aromatic heterocycles. The minimum atomic E-state index is 0.491. The molecule has 2 heterocycles. The fraction of sp³-hybridized carbons (Fsp3) is 1.00.